The minimum atomic E-state index is -0.618. The number of fused-ring (bicyclic) bond motifs is 2. The van der Waals surface area contributed by atoms with Gasteiger partial charge in [-0.1, -0.05) is 78.4 Å². The zero-order chi connectivity index (χ0) is 29.3. The number of hydrogen-bond acceptors (Lipinski definition) is 4. The molecular formula is C36H38N2O3. The average Bonchev–Trinajstić information content (AvgIpc) is 2.91. The fourth-order valence-electron chi connectivity index (χ4n) is 5.72. The van der Waals surface area contributed by atoms with Crippen LogP contribution in [-0.4, -0.2) is 29.9 Å². The number of phenols is 1. The Hall–Kier alpha value is -4.51. The normalized spacial score (nSPS) is 11.6. The van der Waals surface area contributed by atoms with Gasteiger partial charge >= 0.3 is 6.09 Å². The maximum absolute atomic E-state index is 13.5. The van der Waals surface area contributed by atoms with Crippen LogP contribution in [-0.2, 0) is 4.74 Å². The molecule has 0 aliphatic rings. The van der Waals surface area contributed by atoms with Crippen molar-refractivity contribution in [3.63, 3.8) is 0 Å². The highest BCUT2D eigenvalue weighted by Crippen LogP contribution is 2.44. The summed E-state index contributed by atoms with van der Waals surface area (Å²) in [6.45, 7) is 12.6. The third kappa shape index (κ3) is 5.85. The van der Waals surface area contributed by atoms with Crippen LogP contribution in [0.5, 0.6) is 5.75 Å². The zero-order valence-corrected chi connectivity index (χ0v) is 24.7. The van der Waals surface area contributed by atoms with Gasteiger partial charge in [-0.2, -0.15) is 0 Å². The predicted octanol–water partition coefficient (Wildman–Crippen LogP) is 9.14. The maximum Gasteiger partial charge on any atom is 0.414 e. The van der Waals surface area contributed by atoms with Gasteiger partial charge in [-0.15, -0.1) is 0 Å². The number of phenolic OH excluding ortho intramolecular Hbond substituents is 1. The van der Waals surface area contributed by atoms with Crippen molar-refractivity contribution >= 4 is 39.0 Å². The minimum absolute atomic E-state index is 0.226. The molecule has 5 rings (SSSR count). The molecule has 5 heteroatoms. The first-order valence-electron chi connectivity index (χ1n) is 14.1. The van der Waals surface area contributed by atoms with Crippen molar-refractivity contribution in [3.05, 3.63) is 102 Å². The number of anilines is 2. The molecule has 0 bridgehead atoms. The Morgan fingerprint density at radius 3 is 1.98 bits per heavy atom. The summed E-state index contributed by atoms with van der Waals surface area (Å²) in [5, 5.41) is 18.9. The fourth-order valence-corrected chi connectivity index (χ4v) is 5.72. The van der Waals surface area contributed by atoms with Crippen LogP contribution in [0.25, 0.3) is 32.7 Å². The Kier molecular flexibility index (Phi) is 7.63. The Morgan fingerprint density at radius 2 is 1.37 bits per heavy atom. The van der Waals surface area contributed by atoms with Crippen molar-refractivity contribution in [1.82, 2.24) is 0 Å². The molecule has 0 aliphatic heterocycles. The van der Waals surface area contributed by atoms with E-state index in [9.17, 15) is 9.90 Å². The Balaban J connectivity index is 1.55. The number of aromatic hydroxyl groups is 1. The summed E-state index contributed by atoms with van der Waals surface area (Å²) >= 11 is 0. The second-order valence-electron chi connectivity index (χ2n) is 11.7. The van der Waals surface area contributed by atoms with E-state index in [0.29, 0.717) is 13.1 Å². The molecule has 0 aliphatic carbocycles. The van der Waals surface area contributed by atoms with E-state index in [2.05, 4.69) is 54.7 Å². The zero-order valence-electron chi connectivity index (χ0n) is 24.7. The molecule has 5 aromatic carbocycles. The average molecular weight is 547 g/mol. The van der Waals surface area contributed by atoms with Crippen LogP contribution >= 0.6 is 0 Å². The monoisotopic (exact) mass is 546 g/mol. The molecule has 0 unspecified atom stereocenters. The number of rotatable bonds is 6. The highest BCUT2D eigenvalue weighted by molar-refractivity contribution is 6.11. The summed E-state index contributed by atoms with van der Waals surface area (Å²) in [7, 11) is 0. The summed E-state index contributed by atoms with van der Waals surface area (Å²) in [5.41, 5.74) is 6.07. The molecule has 0 saturated carbocycles. The molecule has 0 atom stereocenters. The van der Waals surface area contributed by atoms with E-state index < -0.39 is 5.60 Å². The van der Waals surface area contributed by atoms with Crippen LogP contribution in [0.1, 0.15) is 37.5 Å². The van der Waals surface area contributed by atoms with Gasteiger partial charge in [-0.05, 0) is 86.3 Å². The van der Waals surface area contributed by atoms with E-state index in [1.54, 1.807) is 11.0 Å². The van der Waals surface area contributed by atoms with Crippen molar-refractivity contribution in [2.24, 2.45) is 0 Å². The summed E-state index contributed by atoms with van der Waals surface area (Å²) < 4.78 is 5.84. The molecule has 1 amide bonds. The number of nitrogens with one attached hydrogen (secondary N) is 1. The van der Waals surface area contributed by atoms with Crippen molar-refractivity contribution < 1.29 is 14.6 Å². The van der Waals surface area contributed by atoms with Gasteiger partial charge < -0.3 is 15.2 Å². The third-order valence-electron chi connectivity index (χ3n) is 7.26. The molecule has 2 N–H and O–H groups in total. The van der Waals surface area contributed by atoms with Gasteiger partial charge in [0.1, 0.15) is 11.4 Å². The van der Waals surface area contributed by atoms with Gasteiger partial charge in [0.2, 0.25) is 0 Å². The Morgan fingerprint density at radius 1 is 0.805 bits per heavy atom. The standard InChI is InChI=1S/C36H38N2O3/c1-23-21-24(2)34(25(3)22-23)38(35(40)41-36(4,5)6)20-19-37-30-17-15-26-11-7-9-13-28(26)32(30)33-29-14-10-8-12-27(29)16-18-31(33)39/h7-18,21-22,37,39H,19-20H2,1-6H3. The second kappa shape index (κ2) is 11.2. The first-order valence-corrected chi connectivity index (χ1v) is 14.1. The Labute approximate surface area is 242 Å². The summed E-state index contributed by atoms with van der Waals surface area (Å²) in [6, 6.07) is 28.3. The van der Waals surface area contributed by atoms with E-state index in [4.69, 9.17) is 4.74 Å². The predicted molar refractivity (Wildman–Crippen MR) is 171 cm³/mol. The molecule has 0 radical (unpaired) electrons. The lowest BCUT2D eigenvalue weighted by Crippen LogP contribution is -2.40. The van der Waals surface area contributed by atoms with E-state index in [-0.39, 0.29) is 11.8 Å². The number of aryl methyl sites for hydroxylation is 3. The molecule has 0 saturated heterocycles. The van der Waals surface area contributed by atoms with Crippen LogP contribution in [0, 0.1) is 20.8 Å². The summed E-state index contributed by atoms with van der Waals surface area (Å²) in [5.74, 6) is 0.226. The van der Waals surface area contributed by atoms with E-state index in [0.717, 1.165) is 60.7 Å². The van der Waals surface area contributed by atoms with Crippen LogP contribution < -0.4 is 10.2 Å². The number of hydrogen-bond donors (Lipinski definition) is 2. The van der Waals surface area contributed by atoms with Gasteiger partial charge in [-0.3, -0.25) is 4.90 Å². The molecule has 5 nitrogen and oxygen atoms in total. The third-order valence-corrected chi connectivity index (χ3v) is 7.26. The lowest BCUT2D eigenvalue weighted by Gasteiger charge is -2.30. The van der Waals surface area contributed by atoms with Gasteiger partial charge in [-0.25, -0.2) is 4.79 Å². The second-order valence-corrected chi connectivity index (χ2v) is 11.7. The molecule has 0 heterocycles. The summed E-state index contributed by atoms with van der Waals surface area (Å²) in [4.78, 5) is 15.2. The number of benzene rings is 5. The number of amides is 1. The largest absolute Gasteiger partial charge is 0.507 e. The van der Waals surface area contributed by atoms with Crippen molar-refractivity contribution in [2.75, 3.05) is 23.3 Å². The first-order chi connectivity index (χ1) is 19.5. The molecule has 41 heavy (non-hydrogen) atoms. The topological polar surface area (TPSA) is 61.8 Å². The molecular weight excluding hydrogens is 508 g/mol. The van der Waals surface area contributed by atoms with Gasteiger partial charge in [0.25, 0.3) is 0 Å². The molecule has 0 fully saturated rings. The summed E-state index contributed by atoms with van der Waals surface area (Å²) in [6.07, 6.45) is -0.375. The smallest absolute Gasteiger partial charge is 0.414 e. The lowest BCUT2D eigenvalue weighted by atomic mass is 9.91. The van der Waals surface area contributed by atoms with Crippen molar-refractivity contribution in [3.8, 4) is 16.9 Å². The highest BCUT2D eigenvalue weighted by atomic mass is 16.6. The molecule has 5 aromatic rings. The SMILES string of the molecule is Cc1cc(C)c(N(CCNc2ccc3ccccc3c2-c2c(O)ccc3ccccc23)C(=O)OC(C)(C)C)c(C)c1. The van der Waals surface area contributed by atoms with Crippen molar-refractivity contribution in [2.45, 2.75) is 47.1 Å². The lowest BCUT2D eigenvalue weighted by molar-refractivity contribution is 0.0581. The number of carbonyl (C=O) groups is 1. The van der Waals surface area contributed by atoms with Crippen LogP contribution in [0.3, 0.4) is 0 Å². The van der Waals surface area contributed by atoms with Crippen LogP contribution in [0.4, 0.5) is 16.2 Å². The van der Waals surface area contributed by atoms with Gasteiger partial charge in [0.15, 0.2) is 0 Å². The Bertz CT molecular complexity index is 1730. The van der Waals surface area contributed by atoms with Crippen molar-refractivity contribution in [1.29, 1.82) is 0 Å². The van der Waals surface area contributed by atoms with E-state index in [1.165, 1.54) is 0 Å². The van der Waals surface area contributed by atoms with Gasteiger partial charge in [0.05, 0.1) is 5.69 Å². The maximum atomic E-state index is 13.5. The minimum Gasteiger partial charge on any atom is -0.507 e. The molecule has 210 valence electrons. The number of ether oxygens (including phenoxy) is 1. The van der Waals surface area contributed by atoms with E-state index >= 15 is 0 Å². The van der Waals surface area contributed by atoms with Gasteiger partial charge in [0, 0.05) is 29.9 Å². The quantitative estimate of drug-likeness (QED) is 0.223. The first kappa shape index (κ1) is 28.0. The number of nitrogens with zero attached hydrogens (tertiary/aromatic N) is 1. The van der Waals surface area contributed by atoms with E-state index in [1.807, 2.05) is 71.0 Å². The van der Waals surface area contributed by atoms with Crippen LogP contribution in [0.2, 0.25) is 0 Å². The van der Waals surface area contributed by atoms with Crippen LogP contribution in [0.15, 0.2) is 84.9 Å². The molecule has 0 spiro atoms. The highest BCUT2D eigenvalue weighted by Gasteiger charge is 2.26. The number of carbonyl (C=O) groups excluding carboxylic acids is 1. The molecule has 0 aromatic heterocycles. The fraction of sp³-hybridized carbons (Fsp3) is 0.250.